The third-order valence-electron chi connectivity index (χ3n) is 2.92. The molecule has 1 aromatic rings. The normalized spacial score (nSPS) is 18.1. The van der Waals surface area contributed by atoms with E-state index >= 15 is 0 Å². The number of nitrogens with two attached hydrogens (primary N) is 1. The predicted molar refractivity (Wildman–Crippen MR) is 67.6 cm³/mol. The van der Waals surface area contributed by atoms with Gasteiger partial charge >= 0.3 is 5.97 Å². The highest BCUT2D eigenvalue weighted by molar-refractivity contribution is 5.99. The number of amides is 2. The average Bonchev–Trinajstić information content (AvgIpc) is 2.81. The molecule has 0 bridgehead atoms. The quantitative estimate of drug-likeness (QED) is 0.742. The molecule has 106 valence electrons. The van der Waals surface area contributed by atoms with E-state index in [1.54, 1.807) is 6.92 Å². The number of ether oxygens (including phenoxy) is 1. The zero-order chi connectivity index (χ0) is 14.7. The number of esters is 1. The van der Waals surface area contributed by atoms with Gasteiger partial charge in [0.25, 0.3) is 0 Å². The Bertz CT molecular complexity index is 543. The van der Waals surface area contributed by atoms with Gasteiger partial charge in [0, 0.05) is 25.4 Å². The Morgan fingerprint density at radius 3 is 2.60 bits per heavy atom. The molecule has 1 atom stereocenters. The van der Waals surface area contributed by atoms with Gasteiger partial charge in [-0.2, -0.15) is 0 Å². The summed E-state index contributed by atoms with van der Waals surface area (Å²) in [5.74, 6) is -1.70. The van der Waals surface area contributed by atoms with Gasteiger partial charge in [-0.3, -0.25) is 14.5 Å². The lowest BCUT2D eigenvalue weighted by atomic mass is 10.1. The number of nitrogens with zero attached hydrogens (tertiary/aromatic N) is 3. The van der Waals surface area contributed by atoms with Crippen molar-refractivity contribution >= 4 is 23.7 Å². The molecule has 8 heteroatoms. The maximum Gasteiger partial charge on any atom is 0.341 e. The molecule has 8 nitrogen and oxygen atoms in total. The zero-order valence-corrected chi connectivity index (χ0v) is 10.9. The molecule has 1 aliphatic heterocycles. The monoisotopic (exact) mass is 278 g/mol. The summed E-state index contributed by atoms with van der Waals surface area (Å²) in [4.78, 5) is 43.5. The molecule has 2 N–H and O–H groups in total. The van der Waals surface area contributed by atoms with E-state index in [1.165, 1.54) is 17.3 Å². The predicted octanol–water partition coefficient (Wildman–Crippen LogP) is -0.508. The molecular formula is C12H14N4O4. The van der Waals surface area contributed by atoms with Gasteiger partial charge in [0.2, 0.25) is 17.8 Å². The number of carbonyl (C=O) groups is 3. The molecule has 1 aliphatic rings. The minimum absolute atomic E-state index is 0.0539. The summed E-state index contributed by atoms with van der Waals surface area (Å²) >= 11 is 0. The highest BCUT2D eigenvalue weighted by Gasteiger charge is 2.35. The van der Waals surface area contributed by atoms with E-state index in [0.717, 1.165) is 0 Å². The average molecular weight is 278 g/mol. The third-order valence-corrected chi connectivity index (χ3v) is 2.92. The number of hydrogen-bond acceptors (Lipinski definition) is 6. The number of primary amides is 1. The van der Waals surface area contributed by atoms with Crippen molar-refractivity contribution in [2.45, 2.75) is 13.3 Å². The van der Waals surface area contributed by atoms with Crippen LogP contribution in [0.4, 0.5) is 5.95 Å². The van der Waals surface area contributed by atoms with Crippen LogP contribution in [-0.2, 0) is 14.3 Å². The fourth-order valence-electron chi connectivity index (χ4n) is 1.87. The summed E-state index contributed by atoms with van der Waals surface area (Å²) in [6, 6.07) is 0. The molecule has 1 aromatic heterocycles. The fraction of sp³-hybridized carbons (Fsp3) is 0.417. The Kier molecular flexibility index (Phi) is 3.92. The third kappa shape index (κ3) is 2.73. The van der Waals surface area contributed by atoms with Crippen molar-refractivity contribution in [1.82, 2.24) is 9.97 Å². The molecule has 0 aromatic carbocycles. The van der Waals surface area contributed by atoms with Crippen molar-refractivity contribution in [2.75, 3.05) is 18.1 Å². The molecule has 0 aliphatic carbocycles. The van der Waals surface area contributed by atoms with Crippen LogP contribution >= 0.6 is 0 Å². The largest absolute Gasteiger partial charge is 0.462 e. The fourth-order valence-corrected chi connectivity index (χ4v) is 1.87. The SMILES string of the molecule is CCOC(=O)c1cnc(N2CC(C(N)=O)CC2=O)nc1. The Morgan fingerprint density at radius 2 is 2.10 bits per heavy atom. The topological polar surface area (TPSA) is 115 Å². The smallest absolute Gasteiger partial charge is 0.341 e. The molecule has 2 amide bonds. The molecule has 1 saturated heterocycles. The highest BCUT2D eigenvalue weighted by atomic mass is 16.5. The second kappa shape index (κ2) is 5.64. The Hall–Kier alpha value is -2.51. The Morgan fingerprint density at radius 1 is 1.45 bits per heavy atom. The lowest BCUT2D eigenvalue weighted by Crippen LogP contribution is -2.29. The lowest BCUT2D eigenvalue weighted by Gasteiger charge is -2.13. The molecular weight excluding hydrogens is 264 g/mol. The first-order chi connectivity index (χ1) is 9.52. The first-order valence-corrected chi connectivity index (χ1v) is 6.11. The van der Waals surface area contributed by atoms with E-state index in [9.17, 15) is 14.4 Å². The highest BCUT2D eigenvalue weighted by Crippen LogP contribution is 2.21. The first kappa shape index (κ1) is 13.9. The van der Waals surface area contributed by atoms with Crippen molar-refractivity contribution in [3.05, 3.63) is 18.0 Å². The Labute approximate surface area is 114 Å². The van der Waals surface area contributed by atoms with Gasteiger partial charge < -0.3 is 10.5 Å². The zero-order valence-electron chi connectivity index (χ0n) is 10.9. The Balaban J connectivity index is 2.12. The number of carbonyl (C=O) groups excluding carboxylic acids is 3. The van der Waals surface area contributed by atoms with Crippen LogP contribution in [0.5, 0.6) is 0 Å². The van der Waals surface area contributed by atoms with Crippen LogP contribution in [0.25, 0.3) is 0 Å². The molecule has 2 heterocycles. The number of rotatable bonds is 4. The molecule has 20 heavy (non-hydrogen) atoms. The van der Waals surface area contributed by atoms with E-state index < -0.39 is 17.8 Å². The number of anilines is 1. The van der Waals surface area contributed by atoms with Gasteiger partial charge in [0.1, 0.15) is 0 Å². The van der Waals surface area contributed by atoms with E-state index in [0.29, 0.717) is 0 Å². The van der Waals surface area contributed by atoms with Crippen LogP contribution in [0.3, 0.4) is 0 Å². The van der Waals surface area contributed by atoms with Gasteiger partial charge in [0.05, 0.1) is 18.1 Å². The summed E-state index contributed by atoms with van der Waals surface area (Å²) in [7, 11) is 0. The van der Waals surface area contributed by atoms with Crippen LogP contribution in [0.2, 0.25) is 0 Å². The second-order valence-corrected chi connectivity index (χ2v) is 4.30. The van der Waals surface area contributed by atoms with Crippen LogP contribution in [0, 0.1) is 5.92 Å². The standard InChI is InChI=1S/C12H14N4O4/c1-2-20-11(19)8-4-14-12(15-5-8)16-6-7(10(13)18)3-9(16)17/h4-5,7H,2-3,6H2,1H3,(H2,13,18). The van der Waals surface area contributed by atoms with Crippen molar-refractivity contribution in [3.8, 4) is 0 Å². The van der Waals surface area contributed by atoms with Crippen molar-refractivity contribution < 1.29 is 19.1 Å². The van der Waals surface area contributed by atoms with Crippen molar-refractivity contribution in [2.24, 2.45) is 11.7 Å². The van der Waals surface area contributed by atoms with E-state index in [2.05, 4.69) is 9.97 Å². The van der Waals surface area contributed by atoms with Gasteiger partial charge in [-0.05, 0) is 6.92 Å². The molecule has 2 rings (SSSR count). The molecule has 0 saturated carbocycles. The van der Waals surface area contributed by atoms with Gasteiger partial charge in [-0.1, -0.05) is 0 Å². The minimum Gasteiger partial charge on any atom is -0.462 e. The summed E-state index contributed by atoms with van der Waals surface area (Å²) in [5.41, 5.74) is 5.38. The molecule has 1 unspecified atom stereocenters. The summed E-state index contributed by atoms with van der Waals surface area (Å²) in [6.45, 7) is 2.11. The minimum atomic E-state index is -0.532. The van der Waals surface area contributed by atoms with Crippen LogP contribution < -0.4 is 10.6 Å². The van der Waals surface area contributed by atoms with E-state index in [1.807, 2.05) is 0 Å². The summed E-state index contributed by atoms with van der Waals surface area (Å²) in [6.07, 6.45) is 2.62. The van der Waals surface area contributed by atoms with E-state index in [4.69, 9.17) is 10.5 Å². The first-order valence-electron chi connectivity index (χ1n) is 6.11. The molecule has 0 spiro atoms. The van der Waals surface area contributed by atoms with Gasteiger partial charge in [-0.15, -0.1) is 0 Å². The van der Waals surface area contributed by atoms with Crippen LogP contribution in [0.15, 0.2) is 12.4 Å². The van der Waals surface area contributed by atoms with E-state index in [-0.39, 0.29) is 37.0 Å². The maximum absolute atomic E-state index is 11.8. The van der Waals surface area contributed by atoms with Crippen molar-refractivity contribution in [3.63, 3.8) is 0 Å². The van der Waals surface area contributed by atoms with Crippen LogP contribution in [-0.4, -0.2) is 40.9 Å². The maximum atomic E-state index is 11.8. The van der Waals surface area contributed by atoms with Crippen LogP contribution in [0.1, 0.15) is 23.7 Å². The van der Waals surface area contributed by atoms with Gasteiger partial charge in [0.15, 0.2) is 0 Å². The number of aromatic nitrogens is 2. The summed E-state index contributed by atoms with van der Waals surface area (Å²) < 4.78 is 4.80. The summed E-state index contributed by atoms with van der Waals surface area (Å²) in [5, 5.41) is 0. The number of hydrogen-bond donors (Lipinski definition) is 1. The molecule has 1 fully saturated rings. The molecule has 0 radical (unpaired) electrons. The van der Waals surface area contributed by atoms with Gasteiger partial charge in [-0.25, -0.2) is 14.8 Å². The van der Waals surface area contributed by atoms with Crippen molar-refractivity contribution in [1.29, 1.82) is 0 Å². The second-order valence-electron chi connectivity index (χ2n) is 4.30. The lowest BCUT2D eigenvalue weighted by molar-refractivity contribution is -0.123.